The molecule has 1 aromatic rings. The zero-order valence-corrected chi connectivity index (χ0v) is 9.30. The first-order valence-corrected chi connectivity index (χ1v) is 5.48. The number of carbonyl (C=O) groups is 1. The summed E-state index contributed by atoms with van der Waals surface area (Å²) in [6, 6.07) is 9.98. The van der Waals surface area contributed by atoms with Gasteiger partial charge in [0.1, 0.15) is 0 Å². The molecule has 0 fully saturated rings. The van der Waals surface area contributed by atoms with E-state index >= 15 is 0 Å². The molecule has 1 unspecified atom stereocenters. The summed E-state index contributed by atoms with van der Waals surface area (Å²) in [5.41, 5.74) is 1.12. The highest BCUT2D eigenvalue weighted by Gasteiger charge is 2.26. The van der Waals surface area contributed by atoms with Gasteiger partial charge >= 0.3 is 6.09 Å². The second-order valence-electron chi connectivity index (χ2n) is 3.63. The lowest BCUT2D eigenvalue weighted by Crippen LogP contribution is -2.31. The van der Waals surface area contributed by atoms with Gasteiger partial charge in [0.25, 0.3) is 0 Å². The number of benzene rings is 1. The van der Waals surface area contributed by atoms with Gasteiger partial charge in [0, 0.05) is 6.54 Å². The molecule has 3 heteroatoms. The van der Waals surface area contributed by atoms with Gasteiger partial charge < -0.3 is 4.74 Å². The maximum Gasteiger partial charge on any atom is 0.410 e. The predicted octanol–water partition coefficient (Wildman–Crippen LogP) is 2.76. The predicted molar refractivity (Wildman–Crippen MR) is 62.1 cm³/mol. The minimum atomic E-state index is -0.249. The number of nitrogens with zero attached hydrogens (tertiary/aromatic N) is 1. The first-order valence-electron chi connectivity index (χ1n) is 5.48. The van der Waals surface area contributed by atoms with Crippen molar-refractivity contribution < 1.29 is 9.53 Å². The van der Waals surface area contributed by atoms with E-state index in [1.54, 1.807) is 4.90 Å². The molecular formula is C13H15NO2. The van der Waals surface area contributed by atoms with Crippen molar-refractivity contribution in [2.45, 2.75) is 13.0 Å². The quantitative estimate of drug-likeness (QED) is 0.713. The van der Waals surface area contributed by atoms with Crippen molar-refractivity contribution in [3.63, 3.8) is 0 Å². The second-order valence-corrected chi connectivity index (χ2v) is 3.63. The van der Waals surface area contributed by atoms with Gasteiger partial charge in [-0.1, -0.05) is 42.5 Å². The molecule has 0 spiro atoms. The van der Waals surface area contributed by atoms with Crippen LogP contribution in [0.1, 0.15) is 18.5 Å². The maximum atomic E-state index is 11.7. The van der Waals surface area contributed by atoms with Crippen molar-refractivity contribution in [2.24, 2.45) is 0 Å². The lowest BCUT2D eigenvalue weighted by molar-refractivity contribution is 0.106. The van der Waals surface area contributed by atoms with E-state index in [4.69, 9.17) is 4.74 Å². The fraction of sp³-hybridized carbons (Fsp3) is 0.308. The van der Waals surface area contributed by atoms with Crippen LogP contribution in [0.15, 0.2) is 42.5 Å². The third-order valence-electron chi connectivity index (χ3n) is 2.60. The number of hydrogen-bond donors (Lipinski definition) is 0. The number of ether oxygens (including phenoxy) is 1. The molecule has 0 saturated heterocycles. The molecule has 2 rings (SSSR count). The topological polar surface area (TPSA) is 29.5 Å². The highest BCUT2D eigenvalue weighted by Crippen LogP contribution is 2.26. The fourth-order valence-electron chi connectivity index (χ4n) is 1.86. The van der Waals surface area contributed by atoms with Crippen molar-refractivity contribution >= 4 is 6.09 Å². The summed E-state index contributed by atoms with van der Waals surface area (Å²) < 4.78 is 5.02. The van der Waals surface area contributed by atoms with Crippen LogP contribution in [0.4, 0.5) is 4.79 Å². The number of carbonyl (C=O) groups excluding carboxylic acids is 1. The van der Waals surface area contributed by atoms with Crippen molar-refractivity contribution in [3.8, 4) is 0 Å². The second kappa shape index (κ2) is 4.84. The average Bonchev–Trinajstić information content (AvgIpc) is 2.79. The molecule has 1 aromatic carbocycles. The molecule has 3 nitrogen and oxygen atoms in total. The zero-order chi connectivity index (χ0) is 11.4. The highest BCUT2D eigenvalue weighted by molar-refractivity contribution is 5.69. The van der Waals surface area contributed by atoms with E-state index in [-0.39, 0.29) is 12.1 Å². The van der Waals surface area contributed by atoms with E-state index in [9.17, 15) is 4.79 Å². The van der Waals surface area contributed by atoms with Gasteiger partial charge in [-0.25, -0.2) is 4.79 Å². The molecule has 0 aromatic heterocycles. The van der Waals surface area contributed by atoms with Gasteiger partial charge in [0.2, 0.25) is 0 Å². The molecule has 1 atom stereocenters. The Kier molecular flexibility index (Phi) is 3.25. The normalized spacial score (nSPS) is 18.8. The van der Waals surface area contributed by atoms with Crippen LogP contribution in [-0.4, -0.2) is 24.1 Å². The lowest BCUT2D eigenvalue weighted by Gasteiger charge is -2.23. The Morgan fingerprint density at radius 2 is 2.19 bits per heavy atom. The van der Waals surface area contributed by atoms with Crippen LogP contribution in [0.25, 0.3) is 0 Å². The Bertz CT molecular complexity index is 386. The molecule has 1 aliphatic heterocycles. The van der Waals surface area contributed by atoms with E-state index in [2.05, 4.69) is 0 Å². The highest BCUT2D eigenvalue weighted by atomic mass is 16.6. The molecule has 0 bridgehead atoms. The van der Waals surface area contributed by atoms with Gasteiger partial charge in [-0.2, -0.15) is 0 Å². The Hall–Kier alpha value is -1.77. The van der Waals surface area contributed by atoms with Gasteiger partial charge in [-0.3, -0.25) is 4.90 Å². The molecule has 0 N–H and O–H groups in total. The van der Waals surface area contributed by atoms with E-state index in [1.807, 2.05) is 49.4 Å². The van der Waals surface area contributed by atoms with Crippen LogP contribution < -0.4 is 0 Å². The van der Waals surface area contributed by atoms with Gasteiger partial charge in [0.05, 0.1) is 12.6 Å². The molecule has 0 aliphatic carbocycles. The minimum absolute atomic E-state index is 0.0141. The van der Waals surface area contributed by atoms with E-state index in [1.165, 1.54) is 0 Å². The first-order chi connectivity index (χ1) is 7.83. The van der Waals surface area contributed by atoms with Crippen LogP contribution in [0.5, 0.6) is 0 Å². The summed E-state index contributed by atoms with van der Waals surface area (Å²) in [5, 5.41) is 0. The van der Waals surface area contributed by atoms with Crippen molar-refractivity contribution in [1.82, 2.24) is 4.90 Å². The monoisotopic (exact) mass is 217 g/mol. The van der Waals surface area contributed by atoms with Crippen LogP contribution >= 0.6 is 0 Å². The van der Waals surface area contributed by atoms with Crippen LogP contribution in [0, 0.1) is 0 Å². The molecule has 0 radical (unpaired) electrons. The summed E-state index contributed by atoms with van der Waals surface area (Å²) in [6.07, 6.45) is 3.78. The molecular weight excluding hydrogens is 202 g/mol. The van der Waals surface area contributed by atoms with Gasteiger partial charge in [-0.15, -0.1) is 0 Å². The zero-order valence-electron chi connectivity index (χ0n) is 9.30. The summed E-state index contributed by atoms with van der Waals surface area (Å²) in [5.74, 6) is 0. The SMILES string of the molecule is CCOC(=O)N1CC=CC1c1ccccc1. The Morgan fingerprint density at radius 1 is 1.44 bits per heavy atom. The van der Waals surface area contributed by atoms with Crippen LogP contribution in [0.2, 0.25) is 0 Å². The molecule has 16 heavy (non-hydrogen) atoms. The molecule has 0 saturated carbocycles. The summed E-state index contributed by atoms with van der Waals surface area (Å²) in [6.45, 7) is 2.86. The largest absolute Gasteiger partial charge is 0.450 e. The molecule has 1 amide bonds. The van der Waals surface area contributed by atoms with Gasteiger partial charge in [-0.05, 0) is 12.5 Å². The maximum absolute atomic E-state index is 11.7. The minimum Gasteiger partial charge on any atom is -0.450 e. The third kappa shape index (κ3) is 2.08. The third-order valence-corrected chi connectivity index (χ3v) is 2.60. The molecule has 1 heterocycles. The Labute approximate surface area is 95.3 Å². The Morgan fingerprint density at radius 3 is 2.88 bits per heavy atom. The van der Waals surface area contributed by atoms with Crippen LogP contribution in [0.3, 0.4) is 0 Å². The average molecular weight is 217 g/mol. The fourth-order valence-corrected chi connectivity index (χ4v) is 1.86. The van der Waals surface area contributed by atoms with E-state index in [0.717, 1.165) is 5.56 Å². The first kappa shape index (κ1) is 10.7. The smallest absolute Gasteiger partial charge is 0.410 e. The van der Waals surface area contributed by atoms with Crippen LogP contribution in [-0.2, 0) is 4.74 Å². The van der Waals surface area contributed by atoms with E-state index < -0.39 is 0 Å². The molecule has 84 valence electrons. The van der Waals surface area contributed by atoms with Crippen molar-refractivity contribution in [1.29, 1.82) is 0 Å². The number of amides is 1. The number of rotatable bonds is 2. The standard InChI is InChI=1S/C13H15NO2/c1-2-16-13(15)14-10-6-9-12(14)11-7-4-3-5-8-11/h3-9,12H,2,10H2,1H3. The number of hydrogen-bond acceptors (Lipinski definition) is 2. The summed E-state index contributed by atoms with van der Waals surface area (Å²) in [7, 11) is 0. The van der Waals surface area contributed by atoms with Crippen molar-refractivity contribution in [3.05, 3.63) is 48.0 Å². The summed E-state index contributed by atoms with van der Waals surface area (Å²) >= 11 is 0. The Balaban J connectivity index is 2.15. The van der Waals surface area contributed by atoms with Gasteiger partial charge in [0.15, 0.2) is 0 Å². The molecule has 1 aliphatic rings. The van der Waals surface area contributed by atoms with Crippen molar-refractivity contribution in [2.75, 3.05) is 13.2 Å². The summed E-state index contributed by atoms with van der Waals surface area (Å²) in [4.78, 5) is 13.4. The van der Waals surface area contributed by atoms with E-state index in [0.29, 0.717) is 13.2 Å². The lowest BCUT2D eigenvalue weighted by atomic mass is 10.1.